The Balaban J connectivity index is 1.77. The lowest BCUT2D eigenvalue weighted by molar-refractivity contribution is -0.199. The Kier molecular flexibility index (Phi) is 3.06. The van der Waals surface area contributed by atoms with E-state index < -0.39 is 0 Å². The van der Waals surface area contributed by atoms with Gasteiger partial charge in [0.25, 0.3) is 5.91 Å². The normalized spacial score (nSPS) is 24.9. The molecule has 0 spiro atoms. The van der Waals surface area contributed by atoms with Crippen LogP contribution in [0.25, 0.3) is 0 Å². The summed E-state index contributed by atoms with van der Waals surface area (Å²) < 4.78 is 15.9. The highest BCUT2D eigenvalue weighted by atomic mass is 16.5. The van der Waals surface area contributed by atoms with Crippen LogP contribution in [-0.2, 0) is 16.1 Å². The van der Waals surface area contributed by atoms with E-state index in [-0.39, 0.29) is 18.1 Å². The molecule has 0 radical (unpaired) electrons. The van der Waals surface area contributed by atoms with Crippen molar-refractivity contribution in [3.8, 4) is 11.5 Å². The van der Waals surface area contributed by atoms with Gasteiger partial charge < -0.3 is 19.1 Å². The maximum atomic E-state index is 12.0. The lowest BCUT2D eigenvalue weighted by Gasteiger charge is -2.46. The Morgan fingerprint density at radius 2 is 2.16 bits per heavy atom. The largest absolute Gasteiger partial charge is 0.497 e. The second-order valence-electron chi connectivity index (χ2n) is 4.88. The second-order valence-corrected chi connectivity index (χ2v) is 4.88. The number of carbonyl (C=O) groups excluding carboxylic acids is 1. The topological polar surface area (TPSA) is 48.0 Å². The van der Waals surface area contributed by atoms with E-state index in [1.807, 2.05) is 23.1 Å². The first kappa shape index (κ1) is 12.3. The van der Waals surface area contributed by atoms with Gasteiger partial charge in [0, 0.05) is 31.1 Å². The molecule has 0 N–H and O–H groups in total. The van der Waals surface area contributed by atoms with Crippen molar-refractivity contribution in [1.29, 1.82) is 0 Å². The van der Waals surface area contributed by atoms with Crippen LogP contribution in [0.2, 0.25) is 0 Å². The first-order valence-electron chi connectivity index (χ1n) is 6.36. The number of amides is 1. The van der Waals surface area contributed by atoms with Crippen molar-refractivity contribution in [1.82, 2.24) is 4.90 Å². The van der Waals surface area contributed by atoms with E-state index in [0.29, 0.717) is 13.1 Å². The van der Waals surface area contributed by atoms with Gasteiger partial charge in [0.15, 0.2) is 0 Å². The minimum Gasteiger partial charge on any atom is -0.497 e. The molecule has 3 saturated heterocycles. The van der Waals surface area contributed by atoms with Gasteiger partial charge in [-0.1, -0.05) is 0 Å². The summed E-state index contributed by atoms with van der Waals surface area (Å²) >= 11 is 0. The zero-order valence-corrected chi connectivity index (χ0v) is 11.1. The molecule has 1 aromatic carbocycles. The summed E-state index contributed by atoms with van der Waals surface area (Å²) in [6, 6.07) is 5.65. The van der Waals surface area contributed by atoms with Gasteiger partial charge in [-0.25, -0.2) is 0 Å². The maximum Gasteiger partial charge on any atom is 0.252 e. The van der Waals surface area contributed by atoms with Crippen LogP contribution in [0.1, 0.15) is 12.0 Å². The lowest BCUT2D eigenvalue weighted by Crippen LogP contribution is -2.60. The first-order valence-corrected chi connectivity index (χ1v) is 6.36. The van der Waals surface area contributed by atoms with Gasteiger partial charge in [-0.3, -0.25) is 4.79 Å². The molecule has 102 valence electrons. The van der Waals surface area contributed by atoms with E-state index in [2.05, 4.69) is 0 Å². The van der Waals surface area contributed by atoms with Gasteiger partial charge in [0.2, 0.25) is 0 Å². The quantitative estimate of drug-likeness (QED) is 0.819. The van der Waals surface area contributed by atoms with Crippen molar-refractivity contribution in [2.45, 2.75) is 25.2 Å². The highest BCUT2D eigenvalue weighted by Crippen LogP contribution is 2.32. The molecule has 1 amide bonds. The van der Waals surface area contributed by atoms with Crippen LogP contribution >= 0.6 is 0 Å². The molecule has 0 saturated carbocycles. The number of hydrogen-bond acceptors (Lipinski definition) is 4. The fourth-order valence-electron chi connectivity index (χ4n) is 2.61. The maximum absolute atomic E-state index is 12.0. The molecular formula is C14H17NO4. The third kappa shape index (κ3) is 2.14. The summed E-state index contributed by atoms with van der Waals surface area (Å²) in [5, 5.41) is 0. The minimum atomic E-state index is -0.219. The highest BCUT2D eigenvalue weighted by Gasteiger charge is 2.44. The van der Waals surface area contributed by atoms with Crippen LogP contribution in [0, 0.1) is 0 Å². The van der Waals surface area contributed by atoms with Crippen molar-refractivity contribution in [2.75, 3.05) is 20.8 Å². The van der Waals surface area contributed by atoms with E-state index in [1.54, 1.807) is 14.2 Å². The van der Waals surface area contributed by atoms with E-state index in [1.165, 1.54) is 0 Å². The molecule has 3 fully saturated rings. The Labute approximate surface area is 112 Å². The van der Waals surface area contributed by atoms with Gasteiger partial charge in [-0.15, -0.1) is 0 Å². The molecule has 2 atom stereocenters. The van der Waals surface area contributed by atoms with Crippen molar-refractivity contribution < 1.29 is 19.0 Å². The molecule has 2 bridgehead atoms. The number of benzene rings is 1. The smallest absolute Gasteiger partial charge is 0.252 e. The number of piperidine rings is 1. The van der Waals surface area contributed by atoms with Gasteiger partial charge in [0.05, 0.1) is 20.3 Å². The fraction of sp³-hybridized carbons (Fsp3) is 0.500. The van der Waals surface area contributed by atoms with E-state index in [0.717, 1.165) is 23.5 Å². The number of carbonyl (C=O) groups is 1. The van der Waals surface area contributed by atoms with Gasteiger partial charge in [-0.05, 0) is 12.1 Å². The molecular weight excluding hydrogens is 246 g/mol. The van der Waals surface area contributed by atoms with Crippen molar-refractivity contribution in [3.05, 3.63) is 23.8 Å². The number of nitrogens with zero attached hydrogens (tertiary/aromatic N) is 1. The summed E-state index contributed by atoms with van der Waals surface area (Å²) in [5.41, 5.74) is 0.984. The first-order chi connectivity index (χ1) is 9.21. The molecule has 19 heavy (non-hydrogen) atoms. The van der Waals surface area contributed by atoms with Crippen molar-refractivity contribution in [3.63, 3.8) is 0 Å². The molecule has 0 unspecified atom stereocenters. The van der Waals surface area contributed by atoms with Gasteiger partial charge in [0.1, 0.15) is 17.6 Å². The summed E-state index contributed by atoms with van der Waals surface area (Å²) in [7, 11) is 3.24. The highest BCUT2D eigenvalue weighted by molar-refractivity contribution is 5.83. The molecule has 5 heteroatoms. The van der Waals surface area contributed by atoms with Crippen LogP contribution < -0.4 is 9.47 Å². The van der Waals surface area contributed by atoms with Crippen LogP contribution in [0.5, 0.6) is 11.5 Å². The van der Waals surface area contributed by atoms with Gasteiger partial charge >= 0.3 is 0 Å². The molecule has 0 aliphatic carbocycles. The molecule has 3 aliphatic heterocycles. The third-order valence-electron chi connectivity index (χ3n) is 3.70. The molecule has 3 aliphatic rings. The van der Waals surface area contributed by atoms with Gasteiger partial charge in [-0.2, -0.15) is 0 Å². The molecule has 1 aromatic rings. The second kappa shape index (κ2) is 4.74. The van der Waals surface area contributed by atoms with Crippen LogP contribution in [0.3, 0.4) is 0 Å². The SMILES string of the molecule is COc1ccc(CN2C[C@H]3C[C@H](O3)C2=O)c(OC)c1. The molecule has 0 aromatic heterocycles. The summed E-state index contributed by atoms with van der Waals surface area (Å²) in [5.74, 6) is 1.57. The third-order valence-corrected chi connectivity index (χ3v) is 3.70. The van der Waals surface area contributed by atoms with Crippen LogP contribution in [0.15, 0.2) is 18.2 Å². The number of rotatable bonds is 4. The molecule has 4 rings (SSSR count). The zero-order valence-electron chi connectivity index (χ0n) is 11.1. The van der Waals surface area contributed by atoms with Crippen LogP contribution in [-0.4, -0.2) is 43.8 Å². The molecule has 3 heterocycles. The van der Waals surface area contributed by atoms with E-state index in [9.17, 15) is 4.79 Å². The summed E-state index contributed by atoms with van der Waals surface area (Å²) in [6.45, 7) is 1.23. The zero-order chi connectivity index (χ0) is 13.4. The van der Waals surface area contributed by atoms with Crippen molar-refractivity contribution in [2.24, 2.45) is 0 Å². The Hall–Kier alpha value is -1.75. The standard InChI is InChI=1S/C14H17NO4/c1-17-10-4-3-9(12(5-10)18-2)7-15-8-11-6-13(19-11)14(15)16/h3-5,11,13H,6-8H2,1-2H3/t11-,13+/m1/s1. The van der Waals surface area contributed by atoms with E-state index in [4.69, 9.17) is 14.2 Å². The predicted octanol–water partition coefficient (Wildman–Crippen LogP) is 1.20. The minimum absolute atomic E-state index is 0.0837. The summed E-state index contributed by atoms with van der Waals surface area (Å²) in [6.07, 6.45) is 0.865. The Morgan fingerprint density at radius 3 is 2.79 bits per heavy atom. The van der Waals surface area contributed by atoms with E-state index >= 15 is 0 Å². The number of fused-ring (bicyclic) bond motifs is 2. The monoisotopic (exact) mass is 263 g/mol. The lowest BCUT2D eigenvalue weighted by atomic mass is 9.97. The average Bonchev–Trinajstić information content (AvgIpc) is 2.39. The van der Waals surface area contributed by atoms with Crippen molar-refractivity contribution >= 4 is 5.91 Å². The predicted molar refractivity (Wildman–Crippen MR) is 68.2 cm³/mol. The Morgan fingerprint density at radius 1 is 1.37 bits per heavy atom. The number of ether oxygens (including phenoxy) is 3. The fourth-order valence-corrected chi connectivity index (χ4v) is 2.61. The number of hydrogen-bond donors (Lipinski definition) is 0. The van der Waals surface area contributed by atoms with Crippen LogP contribution in [0.4, 0.5) is 0 Å². The summed E-state index contributed by atoms with van der Waals surface area (Å²) in [4.78, 5) is 13.9. The average molecular weight is 263 g/mol. The molecule has 5 nitrogen and oxygen atoms in total. The number of methoxy groups -OCH3 is 2. The Bertz CT molecular complexity index is 496. The number of morpholine rings is 1.